The van der Waals surface area contributed by atoms with E-state index in [1.807, 2.05) is 37.4 Å². The number of likely N-dealkylation sites (N-methyl/N-ethyl adjacent to an activating group) is 2. The maximum atomic E-state index is 12.7. The van der Waals surface area contributed by atoms with E-state index in [4.69, 9.17) is 0 Å². The second kappa shape index (κ2) is 8.00. The standard InChI is InChI=1S/C20H29N3O2/c1-21(16-8-6-7-9-16)14-15-22(2)19(24)18-12-13-23(20(18)25)17-10-4-3-5-11-17/h3-5,10-11,16,18H,6-9,12-15H2,1-2H3/t18-/m0/s1. The van der Waals surface area contributed by atoms with Crippen molar-refractivity contribution in [2.75, 3.05) is 38.6 Å². The van der Waals surface area contributed by atoms with Crippen LogP contribution in [0, 0.1) is 5.92 Å². The normalized spacial score (nSPS) is 21.3. The van der Waals surface area contributed by atoms with Crippen LogP contribution in [0.3, 0.4) is 0 Å². The van der Waals surface area contributed by atoms with E-state index >= 15 is 0 Å². The van der Waals surface area contributed by atoms with Crippen LogP contribution in [0.1, 0.15) is 32.1 Å². The van der Waals surface area contributed by atoms with Gasteiger partial charge in [0.15, 0.2) is 0 Å². The number of hydrogen-bond donors (Lipinski definition) is 0. The molecule has 2 amide bonds. The van der Waals surface area contributed by atoms with Gasteiger partial charge >= 0.3 is 0 Å². The number of nitrogens with zero attached hydrogens (tertiary/aromatic N) is 3. The molecule has 1 aromatic rings. The third-order valence-electron chi connectivity index (χ3n) is 5.68. The van der Waals surface area contributed by atoms with Gasteiger partial charge in [0, 0.05) is 38.4 Å². The minimum absolute atomic E-state index is 0.0387. The van der Waals surface area contributed by atoms with Crippen LogP contribution >= 0.6 is 0 Å². The summed E-state index contributed by atoms with van der Waals surface area (Å²) >= 11 is 0. The summed E-state index contributed by atoms with van der Waals surface area (Å²) in [5.74, 6) is -0.627. The fourth-order valence-electron chi connectivity index (χ4n) is 3.98. The van der Waals surface area contributed by atoms with Gasteiger partial charge in [0.25, 0.3) is 0 Å². The molecule has 5 nitrogen and oxygen atoms in total. The van der Waals surface area contributed by atoms with Gasteiger partial charge < -0.3 is 14.7 Å². The van der Waals surface area contributed by atoms with Crippen LogP contribution in [0.2, 0.25) is 0 Å². The molecule has 1 atom stereocenters. The maximum Gasteiger partial charge on any atom is 0.239 e. The number of hydrogen-bond acceptors (Lipinski definition) is 3. The first-order valence-electron chi connectivity index (χ1n) is 9.39. The Kier molecular flexibility index (Phi) is 5.74. The molecule has 0 spiro atoms. The number of carbonyl (C=O) groups is 2. The molecule has 1 heterocycles. The van der Waals surface area contributed by atoms with E-state index in [0.29, 0.717) is 25.6 Å². The van der Waals surface area contributed by atoms with Crippen molar-refractivity contribution in [3.05, 3.63) is 30.3 Å². The number of anilines is 1. The first kappa shape index (κ1) is 17.9. The topological polar surface area (TPSA) is 43.9 Å². The molecule has 2 aliphatic rings. The van der Waals surface area contributed by atoms with E-state index in [1.54, 1.807) is 9.80 Å². The molecule has 1 saturated heterocycles. The molecular formula is C20H29N3O2. The van der Waals surface area contributed by atoms with Crippen molar-refractivity contribution in [3.8, 4) is 0 Å². The van der Waals surface area contributed by atoms with Crippen LogP contribution in [-0.4, -0.2) is 61.4 Å². The summed E-state index contributed by atoms with van der Waals surface area (Å²) in [5, 5.41) is 0. The predicted octanol–water partition coefficient (Wildman–Crippen LogP) is 2.37. The van der Waals surface area contributed by atoms with Crippen LogP contribution in [-0.2, 0) is 9.59 Å². The highest BCUT2D eigenvalue weighted by atomic mass is 16.2. The molecular weight excluding hydrogens is 314 g/mol. The van der Waals surface area contributed by atoms with E-state index in [2.05, 4.69) is 11.9 Å². The van der Waals surface area contributed by atoms with Gasteiger partial charge in [-0.05, 0) is 38.4 Å². The zero-order valence-corrected chi connectivity index (χ0v) is 15.4. The Hall–Kier alpha value is -1.88. The summed E-state index contributed by atoms with van der Waals surface area (Å²) < 4.78 is 0. The third kappa shape index (κ3) is 4.03. The number of para-hydroxylation sites is 1. The number of amides is 2. The van der Waals surface area contributed by atoms with Gasteiger partial charge in [0.1, 0.15) is 5.92 Å². The molecule has 1 aliphatic heterocycles. The molecule has 0 N–H and O–H groups in total. The van der Waals surface area contributed by atoms with Crippen LogP contribution in [0.4, 0.5) is 5.69 Å². The molecule has 2 fully saturated rings. The molecule has 0 unspecified atom stereocenters. The van der Waals surface area contributed by atoms with Gasteiger partial charge in [-0.15, -0.1) is 0 Å². The van der Waals surface area contributed by atoms with Gasteiger partial charge in [0.05, 0.1) is 0 Å². The predicted molar refractivity (Wildman–Crippen MR) is 99.4 cm³/mol. The largest absolute Gasteiger partial charge is 0.344 e. The maximum absolute atomic E-state index is 12.7. The Morgan fingerprint density at radius 3 is 2.44 bits per heavy atom. The van der Waals surface area contributed by atoms with E-state index in [1.165, 1.54) is 25.7 Å². The highest BCUT2D eigenvalue weighted by Crippen LogP contribution is 2.26. The van der Waals surface area contributed by atoms with E-state index in [9.17, 15) is 9.59 Å². The fourth-order valence-corrected chi connectivity index (χ4v) is 3.98. The summed E-state index contributed by atoms with van der Waals surface area (Å²) in [6.07, 6.45) is 5.77. The van der Waals surface area contributed by atoms with Crippen molar-refractivity contribution >= 4 is 17.5 Å². The molecule has 136 valence electrons. The Bertz CT molecular complexity index is 598. The zero-order valence-electron chi connectivity index (χ0n) is 15.4. The third-order valence-corrected chi connectivity index (χ3v) is 5.68. The Balaban J connectivity index is 1.53. The van der Waals surface area contributed by atoms with E-state index < -0.39 is 5.92 Å². The summed E-state index contributed by atoms with van der Waals surface area (Å²) in [7, 11) is 3.97. The zero-order chi connectivity index (χ0) is 17.8. The van der Waals surface area contributed by atoms with Crippen molar-refractivity contribution < 1.29 is 9.59 Å². The van der Waals surface area contributed by atoms with Crippen LogP contribution in [0.15, 0.2) is 30.3 Å². The summed E-state index contributed by atoms with van der Waals surface area (Å²) in [6.45, 7) is 2.17. The molecule has 1 aromatic carbocycles. The Morgan fingerprint density at radius 2 is 1.76 bits per heavy atom. The second-order valence-electron chi connectivity index (χ2n) is 7.35. The fraction of sp³-hybridized carbons (Fsp3) is 0.600. The molecule has 5 heteroatoms. The second-order valence-corrected chi connectivity index (χ2v) is 7.35. The Labute approximate surface area is 150 Å². The summed E-state index contributed by atoms with van der Waals surface area (Å²) in [5.41, 5.74) is 0.881. The molecule has 0 aromatic heterocycles. The van der Waals surface area contributed by atoms with Crippen molar-refractivity contribution in [3.63, 3.8) is 0 Å². The first-order valence-corrected chi connectivity index (χ1v) is 9.39. The quantitative estimate of drug-likeness (QED) is 0.745. The summed E-state index contributed by atoms with van der Waals surface area (Å²) in [4.78, 5) is 31.2. The van der Waals surface area contributed by atoms with Crippen LogP contribution < -0.4 is 4.90 Å². The molecule has 3 rings (SSSR count). The highest BCUT2D eigenvalue weighted by molar-refractivity contribution is 6.09. The van der Waals surface area contributed by atoms with Crippen LogP contribution in [0.5, 0.6) is 0 Å². The lowest BCUT2D eigenvalue weighted by Gasteiger charge is -2.27. The van der Waals surface area contributed by atoms with Crippen molar-refractivity contribution in [2.45, 2.75) is 38.1 Å². The molecule has 1 saturated carbocycles. The van der Waals surface area contributed by atoms with Crippen LogP contribution in [0.25, 0.3) is 0 Å². The van der Waals surface area contributed by atoms with E-state index in [0.717, 1.165) is 12.2 Å². The van der Waals surface area contributed by atoms with Gasteiger partial charge in [-0.25, -0.2) is 0 Å². The highest BCUT2D eigenvalue weighted by Gasteiger charge is 2.38. The SMILES string of the molecule is CN(CCN(C)C1CCCC1)C(=O)[C@@H]1CCN(c2ccccc2)C1=O. The van der Waals surface area contributed by atoms with Crippen molar-refractivity contribution in [2.24, 2.45) is 5.92 Å². The lowest BCUT2D eigenvalue weighted by Crippen LogP contribution is -2.42. The smallest absolute Gasteiger partial charge is 0.239 e. The average molecular weight is 343 g/mol. The number of carbonyl (C=O) groups excluding carboxylic acids is 2. The molecule has 0 radical (unpaired) electrons. The molecule has 1 aliphatic carbocycles. The van der Waals surface area contributed by atoms with E-state index in [-0.39, 0.29) is 11.8 Å². The van der Waals surface area contributed by atoms with Crippen molar-refractivity contribution in [1.29, 1.82) is 0 Å². The van der Waals surface area contributed by atoms with Crippen molar-refractivity contribution in [1.82, 2.24) is 9.80 Å². The van der Waals surface area contributed by atoms with Gasteiger partial charge in [0.2, 0.25) is 11.8 Å². The van der Waals surface area contributed by atoms with Gasteiger partial charge in [-0.2, -0.15) is 0 Å². The lowest BCUT2D eigenvalue weighted by molar-refractivity contribution is -0.139. The minimum Gasteiger partial charge on any atom is -0.344 e. The minimum atomic E-state index is -0.526. The lowest BCUT2D eigenvalue weighted by atomic mass is 10.1. The summed E-state index contributed by atoms with van der Waals surface area (Å²) in [6, 6.07) is 10.3. The van der Waals surface area contributed by atoms with Gasteiger partial charge in [-0.3, -0.25) is 9.59 Å². The number of rotatable bonds is 6. The molecule has 0 bridgehead atoms. The number of benzene rings is 1. The Morgan fingerprint density at radius 1 is 1.08 bits per heavy atom. The average Bonchev–Trinajstić information content (AvgIpc) is 3.29. The molecule has 25 heavy (non-hydrogen) atoms. The first-order chi connectivity index (χ1) is 12.1. The monoisotopic (exact) mass is 343 g/mol. The van der Waals surface area contributed by atoms with Gasteiger partial charge in [-0.1, -0.05) is 31.0 Å².